The van der Waals surface area contributed by atoms with Crippen LogP contribution >= 0.6 is 11.8 Å². The van der Waals surface area contributed by atoms with Crippen LogP contribution in [0.1, 0.15) is 24.5 Å². The predicted molar refractivity (Wildman–Crippen MR) is 133 cm³/mol. The summed E-state index contributed by atoms with van der Waals surface area (Å²) in [5.41, 5.74) is 0.756. The fourth-order valence-electron chi connectivity index (χ4n) is 4.62. The lowest BCUT2D eigenvalue weighted by Crippen LogP contribution is -2.46. The minimum atomic E-state index is -1.37. The molecule has 1 saturated heterocycles. The molecular weight excluding hydrogens is 446 g/mol. The quantitative estimate of drug-likeness (QED) is 0.573. The first kappa shape index (κ1) is 22.2. The van der Waals surface area contributed by atoms with Crippen molar-refractivity contribution in [2.24, 2.45) is 0 Å². The van der Waals surface area contributed by atoms with Crippen LogP contribution in [0, 0.1) is 0 Å². The maximum absolute atomic E-state index is 13.9. The van der Waals surface area contributed by atoms with Gasteiger partial charge >= 0.3 is 6.03 Å². The smallest absolute Gasteiger partial charge is 0.315 e. The van der Waals surface area contributed by atoms with Gasteiger partial charge in [0.1, 0.15) is 6.54 Å². The Hall–Kier alpha value is -3.58. The molecule has 1 fully saturated rings. The summed E-state index contributed by atoms with van der Waals surface area (Å²) < 4.78 is 0. The van der Waals surface area contributed by atoms with E-state index >= 15 is 0 Å². The molecule has 0 saturated carbocycles. The number of para-hydroxylation sites is 1. The van der Waals surface area contributed by atoms with Crippen LogP contribution in [-0.4, -0.2) is 41.1 Å². The number of urea groups is 1. The summed E-state index contributed by atoms with van der Waals surface area (Å²) in [6.07, 6.45) is 0.823. The van der Waals surface area contributed by atoms with Gasteiger partial charge in [-0.15, -0.1) is 11.8 Å². The molecule has 2 aliphatic heterocycles. The highest BCUT2D eigenvalue weighted by atomic mass is 32.2. The van der Waals surface area contributed by atoms with E-state index in [4.69, 9.17) is 0 Å². The molecule has 5 rings (SSSR count). The molecule has 4 amide bonds. The van der Waals surface area contributed by atoms with Crippen LogP contribution < -0.4 is 10.2 Å². The molecule has 2 heterocycles. The van der Waals surface area contributed by atoms with Crippen molar-refractivity contribution in [2.45, 2.75) is 29.0 Å². The number of nitrogens with one attached hydrogen (secondary N) is 1. The number of nitrogens with zero attached hydrogens (tertiary/aromatic N) is 2. The Morgan fingerprint density at radius 2 is 1.53 bits per heavy atom. The number of hydrogen-bond acceptors (Lipinski definition) is 4. The topological polar surface area (TPSA) is 69.7 Å². The number of fused-ring (bicyclic) bond motifs is 1. The molecule has 0 radical (unpaired) electrons. The Kier molecular flexibility index (Phi) is 5.87. The van der Waals surface area contributed by atoms with E-state index in [0.29, 0.717) is 22.9 Å². The van der Waals surface area contributed by atoms with Gasteiger partial charge in [-0.1, -0.05) is 79.7 Å². The molecule has 3 aromatic carbocycles. The third-order valence-electron chi connectivity index (χ3n) is 6.36. The van der Waals surface area contributed by atoms with Gasteiger partial charge in [-0.2, -0.15) is 0 Å². The number of hydrogen-bond donors (Lipinski definition) is 1. The fourth-order valence-corrected chi connectivity index (χ4v) is 5.73. The molecule has 2 aliphatic rings. The van der Waals surface area contributed by atoms with Crippen molar-refractivity contribution in [1.29, 1.82) is 0 Å². The lowest BCUT2D eigenvalue weighted by molar-refractivity contribution is -0.133. The molecule has 6 nitrogen and oxygen atoms in total. The summed E-state index contributed by atoms with van der Waals surface area (Å²) in [4.78, 5) is 44.3. The Morgan fingerprint density at radius 3 is 2.18 bits per heavy atom. The maximum atomic E-state index is 13.9. The third kappa shape index (κ3) is 3.76. The SMILES string of the molecule is C[C@H]1CCN(C(=O)CN2C(=O)NC(c3ccccc3)(c3ccccc3)C2=O)c2ccccc2S1. The van der Waals surface area contributed by atoms with Crippen LogP contribution in [0.3, 0.4) is 0 Å². The van der Waals surface area contributed by atoms with E-state index in [9.17, 15) is 14.4 Å². The Bertz CT molecular complexity index is 1190. The van der Waals surface area contributed by atoms with Crippen LogP contribution in [0.5, 0.6) is 0 Å². The number of carbonyl (C=O) groups is 3. The van der Waals surface area contributed by atoms with Gasteiger partial charge in [-0.25, -0.2) is 4.79 Å². The largest absolute Gasteiger partial charge is 0.326 e. The van der Waals surface area contributed by atoms with Crippen molar-refractivity contribution in [2.75, 3.05) is 18.0 Å². The van der Waals surface area contributed by atoms with E-state index in [-0.39, 0.29) is 12.5 Å². The third-order valence-corrected chi connectivity index (χ3v) is 7.59. The van der Waals surface area contributed by atoms with Crippen molar-refractivity contribution >= 4 is 35.3 Å². The van der Waals surface area contributed by atoms with Gasteiger partial charge < -0.3 is 10.2 Å². The van der Waals surface area contributed by atoms with E-state index in [2.05, 4.69) is 12.2 Å². The maximum Gasteiger partial charge on any atom is 0.326 e. The molecule has 0 unspecified atom stereocenters. The van der Waals surface area contributed by atoms with Gasteiger partial charge in [0.2, 0.25) is 5.91 Å². The first-order valence-electron chi connectivity index (χ1n) is 11.3. The average molecular weight is 472 g/mol. The molecule has 1 atom stereocenters. The Morgan fingerprint density at radius 1 is 0.941 bits per heavy atom. The van der Waals surface area contributed by atoms with Gasteiger partial charge in [0.25, 0.3) is 5.91 Å². The van der Waals surface area contributed by atoms with Gasteiger partial charge in [-0.05, 0) is 29.7 Å². The molecule has 0 aliphatic carbocycles. The number of thioether (sulfide) groups is 1. The van der Waals surface area contributed by atoms with Crippen LogP contribution in [0.15, 0.2) is 89.8 Å². The Balaban J connectivity index is 1.48. The van der Waals surface area contributed by atoms with E-state index in [1.807, 2.05) is 84.9 Å². The molecule has 34 heavy (non-hydrogen) atoms. The lowest BCUT2D eigenvalue weighted by Gasteiger charge is -2.28. The summed E-state index contributed by atoms with van der Waals surface area (Å²) >= 11 is 1.74. The summed E-state index contributed by atoms with van der Waals surface area (Å²) in [6.45, 7) is 2.36. The van der Waals surface area contributed by atoms with Gasteiger partial charge in [-0.3, -0.25) is 14.5 Å². The van der Waals surface area contributed by atoms with Crippen molar-refractivity contribution < 1.29 is 14.4 Å². The van der Waals surface area contributed by atoms with Gasteiger partial charge in [0.05, 0.1) is 5.69 Å². The summed E-state index contributed by atoms with van der Waals surface area (Å²) in [6, 6.07) is 25.5. The van der Waals surface area contributed by atoms with Crippen LogP contribution in [0.2, 0.25) is 0 Å². The molecule has 1 N–H and O–H groups in total. The summed E-state index contributed by atoms with van der Waals surface area (Å²) in [7, 11) is 0. The van der Waals surface area contributed by atoms with E-state index in [1.54, 1.807) is 16.7 Å². The number of rotatable bonds is 4. The number of amides is 4. The second-order valence-electron chi connectivity index (χ2n) is 8.53. The zero-order valence-electron chi connectivity index (χ0n) is 18.8. The molecular formula is C27H25N3O3S. The zero-order chi connectivity index (χ0) is 23.7. The normalized spacial score (nSPS) is 19.4. The molecule has 0 spiro atoms. The molecule has 172 valence electrons. The minimum Gasteiger partial charge on any atom is -0.315 e. The van der Waals surface area contributed by atoms with Crippen molar-refractivity contribution in [1.82, 2.24) is 10.2 Å². The van der Waals surface area contributed by atoms with E-state index in [0.717, 1.165) is 21.9 Å². The monoisotopic (exact) mass is 471 g/mol. The number of anilines is 1. The highest BCUT2D eigenvalue weighted by Crippen LogP contribution is 2.38. The minimum absolute atomic E-state index is 0.275. The molecule has 0 aromatic heterocycles. The Labute approximate surface area is 202 Å². The second kappa shape index (κ2) is 8.99. The number of carbonyl (C=O) groups excluding carboxylic acids is 3. The standard InChI is InChI=1S/C27H25N3O3S/c1-19-16-17-29(22-14-8-9-15-23(22)34-19)24(31)18-30-25(32)27(28-26(30)33,20-10-4-2-5-11-20)21-12-6-3-7-13-21/h2-15,19H,16-18H2,1H3,(H,28,33)/t19-/m0/s1. The zero-order valence-corrected chi connectivity index (χ0v) is 19.6. The second-order valence-corrected chi connectivity index (χ2v) is 10.0. The van der Waals surface area contributed by atoms with Crippen LogP contribution in [-0.2, 0) is 15.1 Å². The van der Waals surface area contributed by atoms with Crippen molar-refractivity contribution in [3.63, 3.8) is 0 Å². The molecule has 7 heteroatoms. The van der Waals surface area contributed by atoms with Gasteiger partial charge in [0, 0.05) is 16.7 Å². The number of imide groups is 1. The van der Waals surface area contributed by atoms with Crippen LogP contribution in [0.4, 0.5) is 10.5 Å². The molecule has 0 bridgehead atoms. The van der Waals surface area contributed by atoms with E-state index in [1.165, 1.54) is 0 Å². The van der Waals surface area contributed by atoms with Crippen molar-refractivity contribution in [3.8, 4) is 0 Å². The first-order valence-corrected chi connectivity index (χ1v) is 12.2. The number of benzene rings is 3. The van der Waals surface area contributed by atoms with Crippen molar-refractivity contribution in [3.05, 3.63) is 96.1 Å². The highest BCUT2D eigenvalue weighted by molar-refractivity contribution is 8.00. The summed E-state index contributed by atoms with van der Waals surface area (Å²) in [5, 5.41) is 3.27. The van der Waals surface area contributed by atoms with E-state index < -0.39 is 17.5 Å². The summed E-state index contributed by atoms with van der Waals surface area (Å²) in [5.74, 6) is -0.725. The highest BCUT2D eigenvalue weighted by Gasteiger charge is 2.54. The van der Waals surface area contributed by atoms with Crippen LogP contribution in [0.25, 0.3) is 0 Å². The fraction of sp³-hybridized carbons (Fsp3) is 0.222. The molecule has 3 aromatic rings. The first-order chi connectivity index (χ1) is 16.5. The lowest BCUT2D eigenvalue weighted by atomic mass is 9.82. The predicted octanol–water partition coefficient (Wildman–Crippen LogP) is 4.40. The van der Waals surface area contributed by atoms with Gasteiger partial charge in [0.15, 0.2) is 5.54 Å². The average Bonchev–Trinajstić information content (AvgIpc) is 3.00.